The highest BCUT2D eigenvalue weighted by molar-refractivity contribution is 9.09. The van der Waals surface area contributed by atoms with E-state index < -0.39 is 0 Å². The average molecular weight is 284 g/mol. The highest BCUT2D eigenvalue weighted by Crippen LogP contribution is 2.10. The molecule has 16 heavy (non-hydrogen) atoms. The smallest absolute Gasteiger partial charge is 0.224 e. The van der Waals surface area contributed by atoms with E-state index >= 15 is 0 Å². The van der Waals surface area contributed by atoms with E-state index in [1.807, 2.05) is 44.2 Å². The minimum atomic E-state index is -0.143. The number of benzene rings is 1. The molecule has 1 aromatic carbocycles. The fourth-order valence-electron chi connectivity index (χ4n) is 1.50. The molecule has 0 aliphatic carbocycles. The summed E-state index contributed by atoms with van der Waals surface area (Å²) in [7, 11) is 0. The second-order valence-electron chi connectivity index (χ2n) is 4.53. The Labute approximate surface area is 106 Å². The van der Waals surface area contributed by atoms with Crippen molar-refractivity contribution < 1.29 is 4.79 Å². The van der Waals surface area contributed by atoms with Crippen LogP contribution in [0.2, 0.25) is 0 Å². The first-order valence-corrected chi connectivity index (χ1v) is 6.56. The normalized spacial score (nSPS) is 11.2. The van der Waals surface area contributed by atoms with Gasteiger partial charge in [-0.1, -0.05) is 46.3 Å². The van der Waals surface area contributed by atoms with Crippen molar-refractivity contribution in [1.82, 2.24) is 5.32 Å². The molecule has 1 N–H and O–H groups in total. The first kappa shape index (κ1) is 13.2. The first-order chi connectivity index (χ1) is 7.53. The van der Waals surface area contributed by atoms with Crippen LogP contribution in [0.15, 0.2) is 30.3 Å². The van der Waals surface area contributed by atoms with Gasteiger partial charge in [-0.25, -0.2) is 0 Å². The Morgan fingerprint density at radius 2 is 1.94 bits per heavy atom. The van der Waals surface area contributed by atoms with Crippen molar-refractivity contribution >= 4 is 21.8 Å². The van der Waals surface area contributed by atoms with Gasteiger partial charge >= 0.3 is 0 Å². The molecule has 1 aromatic rings. The number of hydrogen-bond donors (Lipinski definition) is 1. The fraction of sp³-hybridized carbons (Fsp3) is 0.462. The van der Waals surface area contributed by atoms with Gasteiger partial charge in [0.1, 0.15) is 0 Å². The summed E-state index contributed by atoms with van der Waals surface area (Å²) in [6.45, 7) is 4.08. The third-order valence-corrected chi connectivity index (χ3v) is 2.80. The summed E-state index contributed by atoms with van der Waals surface area (Å²) in [6, 6.07) is 9.79. The van der Waals surface area contributed by atoms with Gasteiger partial charge in [0.15, 0.2) is 0 Å². The van der Waals surface area contributed by atoms with Crippen molar-refractivity contribution in [3.63, 3.8) is 0 Å². The molecule has 0 aromatic heterocycles. The lowest BCUT2D eigenvalue weighted by Gasteiger charge is -2.25. The molecule has 88 valence electrons. The monoisotopic (exact) mass is 283 g/mol. The van der Waals surface area contributed by atoms with E-state index in [0.29, 0.717) is 6.42 Å². The second-order valence-corrected chi connectivity index (χ2v) is 5.33. The summed E-state index contributed by atoms with van der Waals surface area (Å²) < 4.78 is 0. The predicted octanol–water partition coefficient (Wildman–Crippen LogP) is 2.91. The van der Waals surface area contributed by atoms with Crippen LogP contribution in [0.3, 0.4) is 0 Å². The van der Waals surface area contributed by atoms with Crippen LogP contribution in [0.4, 0.5) is 0 Å². The Morgan fingerprint density at radius 1 is 1.31 bits per heavy atom. The highest BCUT2D eigenvalue weighted by Gasteiger charge is 2.19. The Kier molecular flexibility index (Phi) is 5.00. The summed E-state index contributed by atoms with van der Waals surface area (Å²) in [5.74, 6) is 0.0807. The molecule has 1 amide bonds. The standard InChI is InChI=1S/C13H18BrNO/c1-13(2,8-9-14)15-12(16)10-11-6-4-3-5-7-11/h3-7H,8-10H2,1-2H3,(H,15,16). The van der Waals surface area contributed by atoms with E-state index in [1.165, 1.54) is 0 Å². The molecule has 2 nitrogen and oxygen atoms in total. The van der Waals surface area contributed by atoms with Crippen molar-refractivity contribution in [1.29, 1.82) is 0 Å². The molecule has 1 rings (SSSR count). The van der Waals surface area contributed by atoms with Crippen LogP contribution in [0.5, 0.6) is 0 Å². The molecule has 0 spiro atoms. The van der Waals surface area contributed by atoms with Crippen molar-refractivity contribution in [3.05, 3.63) is 35.9 Å². The van der Waals surface area contributed by atoms with Gasteiger partial charge < -0.3 is 5.32 Å². The molecule has 0 radical (unpaired) electrons. The van der Waals surface area contributed by atoms with Gasteiger partial charge in [-0.2, -0.15) is 0 Å². The Balaban J connectivity index is 2.48. The maximum absolute atomic E-state index is 11.8. The molecule has 3 heteroatoms. The number of nitrogens with one attached hydrogen (secondary N) is 1. The molecule has 0 saturated carbocycles. The van der Waals surface area contributed by atoms with Crippen LogP contribution in [0, 0.1) is 0 Å². The number of carbonyl (C=O) groups excluding carboxylic acids is 1. The SMILES string of the molecule is CC(C)(CCBr)NC(=O)Cc1ccccc1. The van der Waals surface area contributed by atoms with E-state index in [2.05, 4.69) is 21.2 Å². The zero-order valence-corrected chi connectivity index (χ0v) is 11.4. The largest absolute Gasteiger partial charge is 0.351 e. The van der Waals surface area contributed by atoms with Crippen LogP contribution >= 0.6 is 15.9 Å². The summed E-state index contributed by atoms with van der Waals surface area (Å²) in [6.07, 6.45) is 1.38. The minimum Gasteiger partial charge on any atom is -0.351 e. The van der Waals surface area contributed by atoms with E-state index in [1.54, 1.807) is 0 Å². The highest BCUT2D eigenvalue weighted by atomic mass is 79.9. The molecule has 0 aliphatic rings. The van der Waals surface area contributed by atoms with Crippen LogP contribution in [-0.4, -0.2) is 16.8 Å². The van der Waals surface area contributed by atoms with Crippen molar-refractivity contribution in [3.8, 4) is 0 Å². The van der Waals surface area contributed by atoms with Gasteiger partial charge in [0, 0.05) is 10.9 Å². The van der Waals surface area contributed by atoms with Gasteiger partial charge in [0.05, 0.1) is 6.42 Å². The Morgan fingerprint density at radius 3 is 2.50 bits per heavy atom. The van der Waals surface area contributed by atoms with Crippen molar-refractivity contribution in [2.75, 3.05) is 5.33 Å². The molecule has 0 unspecified atom stereocenters. The summed E-state index contributed by atoms with van der Waals surface area (Å²) in [5, 5.41) is 3.93. The Bertz CT molecular complexity index is 335. The lowest BCUT2D eigenvalue weighted by molar-refractivity contribution is -0.122. The lowest BCUT2D eigenvalue weighted by Crippen LogP contribution is -2.44. The molecular weight excluding hydrogens is 266 g/mol. The third kappa shape index (κ3) is 4.79. The van der Waals surface area contributed by atoms with E-state index in [-0.39, 0.29) is 11.4 Å². The second kappa shape index (κ2) is 6.04. The number of alkyl halides is 1. The fourth-order valence-corrected chi connectivity index (χ4v) is 2.49. The number of halogens is 1. The molecule has 0 fully saturated rings. The number of carbonyl (C=O) groups is 1. The number of amides is 1. The van der Waals surface area contributed by atoms with Gasteiger partial charge in [-0.15, -0.1) is 0 Å². The molecule has 0 heterocycles. The maximum Gasteiger partial charge on any atom is 0.224 e. The first-order valence-electron chi connectivity index (χ1n) is 5.44. The van der Waals surface area contributed by atoms with Gasteiger partial charge in [0.2, 0.25) is 5.91 Å². The molecule has 0 atom stereocenters. The van der Waals surface area contributed by atoms with Crippen molar-refractivity contribution in [2.24, 2.45) is 0 Å². The van der Waals surface area contributed by atoms with Crippen LogP contribution in [-0.2, 0) is 11.2 Å². The molecule has 0 saturated heterocycles. The summed E-state index contributed by atoms with van der Waals surface area (Å²) in [4.78, 5) is 11.8. The third-order valence-electron chi connectivity index (χ3n) is 2.40. The molecule has 0 bridgehead atoms. The maximum atomic E-state index is 11.8. The van der Waals surface area contributed by atoms with Gasteiger partial charge in [-0.05, 0) is 25.8 Å². The predicted molar refractivity (Wildman–Crippen MR) is 70.8 cm³/mol. The zero-order chi connectivity index (χ0) is 12.0. The zero-order valence-electron chi connectivity index (χ0n) is 9.79. The van der Waals surface area contributed by atoms with Crippen LogP contribution in [0.1, 0.15) is 25.8 Å². The Hall–Kier alpha value is -0.830. The van der Waals surface area contributed by atoms with Gasteiger partial charge in [0.25, 0.3) is 0 Å². The summed E-state index contributed by atoms with van der Waals surface area (Å²) in [5.41, 5.74) is 0.907. The quantitative estimate of drug-likeness (QED) is 0.828. The number of rotatable bonds is 5. The average Bonchev–Trinajstić information content (AvgIpc) is 2.17. The van der Waals surface area contributed by atoms with E-state index in [0.717, 1.165) is 17.3 Å². The van der Waals surface area contributed by atoms with E-state index in [4.69, 9.17) is 0 Å². The topological polar surface area (TPSA) is 29.1 Å². The van der Waals surface area contributed by atoms with Crippen LogP contribution < -0.4 is 5.32 Å². The minimum absolute atomic E-state index is 0.0807. The molecule has 0 aliphatic heterocycles. The summed E-state index contributed by atoms with van der Waals surface area (Å²) >= 11 is 3.39. The lowest BCUT2D eigenvalue weighted by atomic mass is 10.0. The van der Waals surface area contributed by atoms with Crippen LogP contribution in [0.25, 0.3) is 0 Å². The molecular formula is C13H18BrNO. The van der Waals surface area contributed by atoms with Crippen molar-refractivity contribution in [2.45, 2.75) is 32.2 Å². The van der Waals surface area contributed by atoms with E-state index in [9.17, 15) is 4.79 Å². The van der Waals surface area contributed by atoms with Gasteiger partial charge in [-0.3, -0.25) is 4.79 Å². The number of hydrogen-bond acceptors (Lipinski definition) is 1.